The summed E-state index contributed by atoms with van der Waals surface area (Å²) in [6.07, 6.45) is 7.97. The van der Waals surface area contributed by atoms with Gasteiger partial charge in [0.2, 0.25) is 0 Å². The van der Waals surface area contributed by atoms with E-state index >= 15 is 0 Å². The van der Waals surface area contributed by atoms with E-state index in [4.69, 9.17) is 11.6 Å². The number of rotatable bonds is 4. The summed E-state index contributed by atoms with van der Waals surface area (Å²) in [5.41, 5.74) is 0.711. The molecule has 0 aromatic heterocycles. The molecule has 94 valence electrons. The van der Waals surface area contributed by atoms with Crippen molar-refractivity contribution in [2.24, 2.45) is 5.92 Å². The van der Waals surface area contributed by atoms with Gasteiger partial charge in [-0.1, -0.05) is 43.7 Å². The van der Waals surface area contributed by atoms with Crippen molar-refractivity contribution in [1.29, 1.82) is 0 Å². The van der Waals surface area contributed by atoms with Crippen LogP contribution in [0.2, 0.25) is 5.02 Å². The summed E-state index contributed by atoms with van der Waals surface area (Å²) in [5, 5.41) is 3.82. The van der Waals surface area contributed by atoms with E-state index in [1.807, 2.05) is 0 Å². The Morgan fingerprint density at radius 3 is 2.76 bits per heavy atom. The van der Waals surface area contributed by atoms with Gasteiger partial charge in [-0.15, -0.1) is 0 Å². The highest BCUT2D eigenvalue weighted by molar-refractivity contribution is 6.33. The Bertz CT molecular complexity index is 361. The molecule has 1 N–H and O–H groups in total. The highest BCUT2D eigenvalue weighted by atomic mass is 35.5. The predicted octanol–water partition coefficient (Wildman–Crippen LogP) is 4.86. The summed E-state index contributed by atoms with van der Waals surface area (Å²) in [7, 11) is 0. The van der Waals surface area contributed by atoms with Crippen LogP contribution in [-0.4, -0.2) is 6.54 Å². The molecule has 0 atom stereocenters. The Morgan fingerprint density at radius 1 is 1.24 bits per heavy atom. The van der Waals surface area contributed by atoms with Crippen molar-refractivity contribution in [2.75, 3.05) is 11.9 Å². The van der Waals surface area contributed by atoms with Gasteiger partial charge in [-0.3, -0.25) is 0 Å². The Balaban J connectivity index is 1.79. The first-order valence-electron chi connectivity index (χ1n) is 6.44. The molecule has 0 aliphatic heterocycles. The van der Waals surface area contributed by atoms with Gasteiger partial charge in [-0.2, -0.15) is 0 Å². The van der Waals surface area contributed by atoms with E-state index in [1.54, 1.807) is 6.07 Å². The van der Waals surface area contributed by atoms with Gasteiger partial charge >= 0.3 is 0 Å². The van der Waals surface area contributed by atoms with Crippen LogP contribution >= 0.6 is 11.6 Å². The van der Waals surface area contributed by atoms with Crippen molar-refractivity contribution in [3.8, 4) is 0 Å². The monoisotopic (exact) mass is 255 g/mol. The minimum absolute atomic E-state index is 0.241. The summed E-state index contributed by atoms with van der Waals surface area (Å²) >= 11 is 5.99. The molecule has 0 radical (unpaired) electrons. The van der Waals surface area contributed by atoms with Gasteiger partial charge < -0.3 is 5.32 Å². The van der Waals surface area contributed by atoms with Crippen LogP contribution in [0, 0.1) is 11.7 Å². The number of anilines is 1. The number of hydrogen-bond acceptors (Lipinski definition) is 1. The summed E-state index contributed by atoms with van der Waals surface area (Å²) < 4.78 is 13.0. The van der Waals surface area contributed by atoms with E-state index < -0.39 is 0 Å². The minimum Gasteiger partial charge on any atom is -0.384 e. The summed E-state index contributed by atoms with van der Waals surface area (Å²) in [4.78, 5) is 0. The molecule has 0 saturated heterocycles. The Labute approximate surface area is 107 Å². The molecule has 0 spiro atoms. The van der Waals surface area contributed by atoms with E-state index in [0.29, 0.717) is 10.7 Å². The molecule has 1 aromatic rings. The zero-order valence-corrected chi connectivity index (χ0v) is 10.8. The zero-order valence-electron chi connectivity index (χ0n) is 10.0. The van der Waals surface area contributed by atoms with Crippen molar-refractivity contribution >= 4 is 17.3 Å². The van der Waals surface area contributed by atoms with Crippen molar-refractivity contribution in [2.45, 2.75) is 38.5 Å². The third kappa shape index (κ3) is 3.88. The van der Waals surface area contributed by atoms with Gasteiger partial charge in [-0.25, -0.2) is 4.39 Å². The molecular weight excluding hydrogens is 237 g/mol. The average molecular weight is 256 g/mol. The predicted molar refractivity (Wildman–Crippen MR) is 71.1 cm³/mol. The van der Waals surface area contributed by atoms with Crippen LogP contribution in [0.5, 0.6) is 0 Å². The molecule has 1 nitrogen and oxygen atoms in total. The van der Waals surface area contributed by atoms with Gasteiger partial charge in [-0.05, 0) is 30.5 Å². The topological polar surface area (TPSA) is 12.0 Å². The second-order valence-electron chi connectivity index (χ2n) is 4.84. The number of halogens is 2. The highest BCUT2D eigenvalue weighted by Gasteiger charge is 2.12. The quantitative estimate of drug-likeness (QED) is 0.810. The van der Waals surface area contributed by atoms with Crippen LogP contribution in [-0.2, 0) is 0 Å². The second kappa shape index (κ2) is 6.25. The van der Waals surface area contributed by atoms with Crippen molar-refractivity contribution in [1.82, 2.24) is 0 Å². The lowest BCUT2D eigenvalue weighted by molar-refractivity contribution is 0.345. The zero-order chi connectivity index (χ0) is 12.1. The van der Waals surface area contributed by atoms with Gasteiger partial charge in [0.05, 0.1) is 10.7 Å². The number of hydrogen-bond donors (Lipinski definition) is 1. The smallest absolute Gasteiger partial charge is 0.125 e. The van der Waals surface area contributed by atoms with Crippen LogP contribution < -0.4 is 5.32 Å². The molecule has 1 fully saturated rings. The second-order valence-corrected chi connectivity index (χ2v) is 5.25. The first kappa shape index (κ1) is 12.7. The molecule has 1 aliphatic rings. The molecule has 1 aromatic carbocycles. The fourth-order valence-electron chi connectivity index (χ4n) is 2.52. The Morgan fingerprint density at radius 2 is 2.00 bits per heavy atom. The summed E-state index contributed by atoms with van der Waals surface area (Å²) in [5.74, 6) is 0.596. The molecule has 0 unspecified atom stereocenters. The first-order chi connectivity index (χ1) is 8.25. The summed E-state index contributed by atoms with van der Waals surface area (Å²) in [6.45, 7) is 0.883. The lowest BCUT2D eigenvalue weighted by Gasteiger charge is -2.21. The molecule has 3 heteroatoms. The molecule has 0 bridgehead atoms. The maximum absolute atomic E-state index is 13.0. The first-order valence-corrected chi connectivity index (χ1v) is 6.82. The van der Waals surface area contributed by atoms with Gasteiger partial charge in [0, 0.05) is 6.54 Å². The maximum Gasteiger partial charge on any atom is 0.125 e. The fraction of sp³-hybridized carbons (Fsp3) is 0.571. The van der Waals surface area contributed by atoms with Crippen LogP contribution in [0.1, 0.15) is 38.5 Å². The van der Waals surface area contributed by atoms with Crippen LogP contribution in [0.3, 0.4) is 0 Å². The SMILES string of the molecule is Fc1ccc(Cl)c(NCCC2CCCCC2)c1. The van der Waals surface area contributed by atoms with Gasteiger partial charge in [0.15, 0.2) is 0 Å². The van der Waals surface area contributed by atoms with Crippen LogP contribution in [0.4, 0.5) is 10.1 Å². The average Bonchev–Trinajstić information content (AvgIpc) is 2.35. The van der Waals surface area contributed by atoms with Crippen LogP contribution in [0.25, 0.3) is 0 Å². The molecular formula is C14H19ClFN. The third-order valence-electron chi connectivity index (χ3n) is 3.52. The van der Waals surface area contributed by atoms with Crippen LogP contribution in [0.15, 0.2) is 18.2 Å². The van der Waals surface area contributed by atoms with E-state index in [0.717, 1.165) is 18.9 Å². The lowest BCUT2D eigenvalue weighted by Crippen LogP contribution is -2.12. The summed E-state index contributed by atoms with van der Waals surface area (Å²) in [6, 6.07) is 4.44. The number of nitrogens with one attached hydrogen (secondary N) is 1. The van der Waals surface area contributed by atoms with Crippen molar-refractivity contribution in [3.05, 3.63) is 29.0 Å². The van der Waals surface area contributed by atoms with Gasteiger partial charge in [0.1, 0.15) is 5.82 Å². The molecule has 1 aliphatic carbocycles. The normalized spacial score (nSPS) is 17.1. The minimum atomic E-state index is -0.241. The molecule has 0 heterocycles. The highest BCUT2D eigenvalue weighted by Crippen LogP contribution is 2.27. The van der Waals surface area contributed by atoms with E-state index in [2.05, 4.69) is 5.32 Å². The van der Waals surface area contributed by atoms with E-state index in [9.17, 15) is 4.39 Å². The van der Waals surface area contributed by atoms with Crippen molar-refractivity contribution < 1.29 is 4.39 Å². The van der Waals surface area contributed by atoms with Gasteiger partial charge in [0.25, 0.3) is 0 Å². The van der Waals surface area contributed by atoms with E-state index in [1.165, 1.54) is 44.2 Å². The van der Waals surface area contributed by atoms with E-state index in [-0.39, 0.29) is 5.82 Å². The largest absolute Gasteiger partial charge is 0.384 e. The lowest BCUT2D eigenvalue weighted by atomic mass is 9.87. The maximum atomic E-state index is 13.0. The molecule has 0 amide bonds. The Hall–Kier alpha value is -0.760. The van der Waals surface area contributed by atoms with Crippen molar-refractivity contribution in [3.63, 3.8) is 0 Å². The Kier molecular flexibility index (Phi) is 4.66. The fourth-order valence-corrected chi connectivity index (χ4v) is 2.70. The standard InChI is InChI=1S/C14H19ClFN/c15-13-7-6-12(16)10-14(13)17-9-8-11-4-2-1-3-5-11/h6-7,10-11,17H,1-5,8-9H2. The number of benzene rings is 1. The molecule has 1 saturated carbocycles. The molecule has 2 rings (SSSR count). The molecule has 17 heavy (non-hydrogen) atoms. The third-order valence-corrected chi connectivity index (χ3v) is 3.85.